The van der Waals surface area contributed by atoms with Gasteiger partial charge >= 0.3 is 149 Å². The summed E-state index contributed by atoms with van der Waals surface area (Å²) in [6.07, 6.45) is 5.33. The van der Waals surface area contributed by atoms with E-state index in [0.29, 0.717) is 0 Å². The van der Waals surface area contributed by atoms with Crippen LogP contribution in [0.5, 0.6) is 0 Å². The van der Waals surface area contributed by atoms with E-state index in [1.807, 2.05) is 36.4 Å². The van der Waals surface area contributed by atoms with Gasteiger partial charge in [0.1, 0.15) is 0 Å². The van der Waals surface area contributed by atoms with E-state index in [0.717, 1.165) is 37.0 Å². The van der Waals surface area contributed by atoms with Crippen LogP contribution >= 0.6 is 0 Å². The molecule has 0 atom stereocenters. The second-order valence-corrected chi connectivity index (χ2v) is 8.75. The van der Waals surface area contributed by atoms with Gasteiger partial charge in [0.15, 0.2) is 0 Å². The molecule has 1 heterocycles. The van der Waals surface area contributed by atoms with Gasteiger partial charge in [-0.05, 0) is 0 Å². The van der Waals surface area contributed by atoms with E-state index in [-0.39, 0.29) is 26.3 Å². The molecule has 1 aliphatic carbocycles. The zero-order valence-electron chi connectivity index (χ0n) is 13.5. The van der Waals surface area contributed by atoms with Crippen LogP contribution in [0, 0.1) is 5.41 Å². The maximum absolute atomic E-state index is 12.9. The van der Waals surface area contributed by atoms with E-state index >= 15 is 0 Å². The molecule has 0 N–H and O–H groups in total. The molecular formula is C21H20O2Se. The maximum atomic E-state index is 12.9. The summed E-state index contributed by atoms with van der Waals surface area (Å²) in [4.78, 5) is 12.9. The van der Waals surface area contributed by atoms with Gasteiger partial charge in [-0.2, -0.15) is 0 Å². The zero-order chi connectivity index (χ0) is 16.4. The molecule has 1 fully saturated rings. The first-order chi connectivity index (χ1) is 11.8. The van der Waals surface area contributed by atoms with Crippen molar-refractivity contribution in [1.82, 2.24) is 0 Å². The molecule has 1 aliphatic heterocycles. The molecule has 0 bridgehead atoms. The number of ether oxygens (including phenoxy) is 1. The van der Waals surface area contributed by atoms with Crippen molar-refractivity contribution in [2.75, 3.05) is 0 Å². The first-order valence-electron chi connectivity index (χ1n) is 8.55. The third-order valence-corrected chi connectivity index (χ3v) is 7.64. The number of cyclic esters (lactones) is 1. The summed E-state index contributed by atoms with van der Waals surface area (Å²) in [5, 5.41) is 0. The molecule has 0 unspecified atom stereocenters. The second kappa shape index (κ2) is 6.58. The third-order valence-electron chi connectivity index (χ3n) is 4.93. The molecule has 1 saturated carbocycles. The minimum atomic E-state index is -0.376. The quantitative estimate of drug-likeness (QED) is 0.594. The van der Waals surface area contributed by atoms with Crippen molar-refractivity contribution >= 4 is 31.1 Å². The number of hydrogen-bond donors (Lipinski definition) is 0. The van der Waals surface area contributed by atoms with Crippen molar-refractivity contribution in [3.05, 3.63) is 70.7 Å². The van der Waals surface area contributed by atoms with Crippen LogP contribution in [-0.4, -0.2) is 20.9 Å². The van der Waals surface area contributed by atoms with Crippen molar-refractivity contribution in [2.24, 2.45) is 5.41 Å². The first kappa shape index (κ1) is 15.7. The summed E-state index contributed by atoms with van der Waals surface area (Å²) < 4.78 is 8.43. The van der Waals surface area contributed by atoms with Crippen LogP contribution in [0.2, 0.25) is 0 Å². The zero-order valence-corrected chi connectivity index (χ0v) is 15.2. The monoisotopic (exact) mass is 384 g/mol. The van der Waals surface area contributed by atoms with Gasteiger partial charge < -0.3 is 0 Å². The van der Waals surface area contributed by atoms with Gasteiger partial charge in [-0.1, -0.05) is 0 Å². The van der Waals surface area contributed by atoms with Gasteiger partial charge in [0, 0.05) is 0 Å². The number of hydrogen-bond acceptors (Lipinski definition) is 2. The summed E-state index contributed by atoms with van der Waals surface area (Å²) in [6, 6.07) is 20.6. The van der Waals surface area contributed by atoms with E-state index < -0.39 is 0 Å². The summed E-state index contributed by atoms with van der Waals surface area (Å²) in [6.45, 7) is 0. The van der Waals surface area contributed by atoms with E-state index in [9.17, 15) is 4.79 Å². The fourth-order valence-corrected chi connectivity index (χ4v) is 6.32. The van der Waals surface area contributed by atoms with Crippen LogP contribution in [0.3, 0.4) is 0 Å². The van der Waals surface area contributed by atoms with Crippen LogP contribution in [-0.2, 0) is 9.53 Å². The Morgan fingerprint density at radius 1 is 0.833 bits per heavy atom. The molecular weight excluding hydrogens is 363 g/mol. The van der Waals surface area contributed by atoms with Crippen molar-refractivity contribution in [3.63, 3.8) is 0 Å². The number of carbonyl (C=O) groups is 1. The van der Waals surface area contributed by atoms with E-state index in [1.54, 1.807) is 0 Å². The summed E-state index contributed by atoms with van der Waals surface area (Å²) in [7, 11) is 0. The molecule has 4 rings (SSSR count). The van der Waals surface area contributed by atoms with Gasteiger partial charge in [0.2, 0.25) is 0 Å². The first-order valence-corrected chi connectivity index (χ1v) is 10.3. The Morgan fingerprint density at radius 3 is 2.12 bits per heavy atom. The number of esters is 1. The third kappa shape index (κ3) is 2.72. The predicted molar refractivity (Wildman–Crippen MR) is 96.8 cm³/mol. The summed E-state index contributed by atoms with van der Waals surface area (Å²) >= 11 is 0.107. The van der Waals surface area contributed by atoms with Crippen LogP contribution in [0.25, 0.3) is 5.76 Å². The fourth-order valence-electron chi connectivity index (χ4n) is 3.66. The Kier molecular flexibility index (Phi) is 4.30. The number of benzene rings is 2. The Morgan fingerprint density at radius 2 is 1.46 bits per heavy atom. The molecule has 2 aliphatic rings. The van der Waals surface area contributed by atoms with Gasteiger partial charge in [0.05, 0.1) is 0 Å². The number of rotatable bonds is 3. The summed E-state index contributed by atoms with van der Waals surface area (Å²) in [5.74, 6) is 0.806. The van der Waals surface area contributed by atoms with Gasteiger partial charge in [-0.25, -0.2) is 0 Å². The van der Waals surface area contributed by atoms with Crippen molar-refractivity contribution in [2.45, 2.75) is 32.1 Å². The molecule has 2 aromatic carbocycles. The molecule has 3 heteroatoms. The molecule has 122 valence electrons. The topological polar surface area (TPSA) is 26.3 Å². The van der Waals surface area contributed by atoms with Crippen LogP contribution in [0.1, 0.15) is 37.7 Å². The molecule has 24 heavy (non-hydrogen) atoms. The fraction of sp³-hybridized carbons (Fsp3) is 0.286. The van der Waals surface area contributed by atoms with E-state index in [1.165, 1.54) is 15.4 Å². The minimum absolute atomic E-state index is 0.0196. The van der Waals surface area contributed by atoms with Gasteiger partial charge in [-0.15, -0.1) is 0 Å². The standard InChI is InChI=1S/C21H20O2Se/c22-20-21(14-8-3-9-15-21)19(24-17-12-6-2-7-13-17)18(23-20)16-10-4-1-5-11-16/h1-2,4-7,10-13H,3,8-9,14-15H2. The van der Waals surface area contributed by atoms with Crippen molar-refractivity contribution in [3.8, 4) is 0 Å². The van der Waals surface area contributed by atoms with Crippen LogP contribution in [0.15, 0.2) is 65.1 Å². The molecule has 2 aromatic rings. The van der Waals surface area contributed by atoms with Gasteiger partial charge in [-0.3, -0.25) is 0 Å². The van der Waals surface area contributed by atoms with E-state index in [4.69, 9.17) is 4.74 Å². The van der Waals surface area contributed by atoms with Crippen molar-refractivity contribution in [1.29, 1.82) is 0 Å². The Labute approximate surface area is 149 Å². The average Bonchev–Trinajstić information content (AvgIpc) is 2.90. The number of carbonyl (C=O) groups excluding carboxylic acids is 1. The molecule has 2 nitrogen and oxygen atoms in total. The average molecular weight is 383 g/mol. The SMILES string of the molecule is O=C1OC(c2ccccc2)=C([Se]c2ccccc2)C12CCCCC2. The van der Waals surface area contributed by atoms with Crippen LogP contribution in [0.4, 0.5) is 0 Å². The van der Waals surface area contributed by atoms with Gasteiger partial charge in [0.25, 0.3) is 0 Å². The van der Waals surface area contributed by atoms with E-state index in [2.05, 4.69) is 24.3 Å². The Hall–Kier alpha value is -1.83. The summed E-state index contributed by atoms with van der Waals surface area (Å²) in [5.41, 5.74) is 0.653. The molecule has 1 spiro atoms. The Balaban J connectivity index is 1.82. The second-order valence-electron chi connectivity index (χ2n) is 6.47. The normalized spacial score (nSPS) is 19.6. The molecule has 0 saturated heterocycles. The predicted octanol–water partition coefficient (Wildman–Crippen LogP) is 3.89. The Bertz CT molecular complexity index is 759. The molecule has 0 amide bonds. The van der Waals surface area contributed by atoms with Crippen LogP contribution < -0.4 is 4.46 Å². The molecule has 0 aromatic heterocycles. The molecule has 0 radical (unpaired) electrons. The van der Waals surface area contributed by atoms with Crippen molar-refractivity contribution < 1.29 is 9.53 Å².